The summed E-state index contributed by atoms with van der Waals surface area (Å²) in [5.74, 6) is -0.711. The van der Waals surface area contributed by atoms with E-state index in [2.05, 4.69) is 27.7 Å². The standard InChI is InChI=1S/C19H24N4O4/c24-17-5-4-15(18(25)21-17)23-12-16(27-19(23)26)14-3-1-2-13(10-14)11-22-8-6-20-7-9-22/h1-3,10,15-16,20H,4-9,11-12H2,(H,21,24,25). The van der Waals surface area contributed by atoms with Gasteiger partial charge in [0.15, 0.2) is 0 Å². The number of imide groups is 1. The summed E-state index contributed by atoms with van der Waals surface area (Å²) in [5, 5.41) is 5.64. The minimum Gasteiger partial charge on any atom is -0.439 e. The number of ether oxygens (including phenoxy) is 1. The van der Waals surface area contributed by atoms with Gasteiger partial charge in [-0.05, 0) is 17.5 Å². The predicted molar refractivity (Wildman–Crippen MR) is 96.7 cm³/mol. The third-order valence-electron chi connectivity index (χ3n) is 5.37. The molecule has 3 amide bonds. The lowest BCUT2D eigenvalue weighted by atomic mass is 10.0. The van der Waals surface area contributed by atoms with Crippen molar-refractivity contribution in [2.45, 2.75) is 31.5 Å². The number of nitrogens with zero attached hydrogens (tertiary/aromatic N) is 2. The summed E-state index contributed by atoms with van der Waals surface area (Å²) in [5.41, 5.74) is 2.12. The van der Waals surface area contributed by atoms with Gasteiger partial charge >= 0.3 is 6.09 Å². The summed E-state index contributed by atoms with van der Waals surface area (Å²) in [6.45, 7) is 5.23. The number of hydrogen-bond donors (Lipinski definition) is 2. The number of hydrogen-bond acceptors (Lipinski definition) is 6. The van der Waals surface area contributed by atoms with E-state index in [1.165, 1.54) is 10.5 Å². The zero-order chi connectivity index (χ0) is 18.8. The highest BCUT2D eigenvalue weighted by Crippen LogP contribution is 2.30. The second-order valence-electron chi connectivity index (χ2n) is 7.26. The van der Waals surface area contributed by atoms with Gasteiger partial charge in [0, 0.05) is 39.1 Å². The molecular weight excluding hydrogens is 348 g/mol. The average molecular weight is 372 g/mol. The van der Waals surface area contributed by atoms with Gasteiger partial charge in [-0.2, -0.15) is 0 Å². The lowest BCUT2D eigenvalue weighted by Crippen LogP contribution is -2.52. The van der Waals surface area contributed by atoms with Gasteiger partial charge in [-0.25, -0.2) is 4.79 Å². The molecule has 1 aromatic carbocycles. The first-order chi connectivity index (χ1) is 13.1. The lowest BCUT2D eigenvalue weighted by Gasteiger charge is -2.27. The number of nitrogens with one attached hydrogen (secondary N) is 2. The van der Waals surface area contributed by atoms with Crippen LogP contribution in [-0.4, -0.2) is 66.5 Å². The minimum atomic E-state index is -0.635. The van der Waals surface area contributed by atoms with Crippen LogP contribution in [0.1, 0.15) is 30.1 Å². The van der Waals surface area contributed by atoms with Crippen LogP contribution in [0.5, 0.6) is 0 Å². The first-order valence-corrected chi connectivity index (χ1v) is 9.43. The summed E-state index contributed by atoms with van der Waals surface area (Å²) in [4.78, 5) is 39.5. The number of amides is 3. The monoisotopic (exact) mass is 372 g/mol. The molecular formula is C19H24N4O4. The van der Waals surface area contributed by atoms with E-state index in [1.807, 2.05) is 12.1 Å². The molecule has 2 N–H and O–H groups in total. The lowest BCUT2D eigenvalue weighted by molar-refractivity contribution is -0.136. The average Bonchev–Trinajstić information content (AvgIpc) is 3.04. The van der Waals surface area contributed by atoms with Gasteiger partial charge in [-0.3, -0.25) is 24.7 Å². The Labute approximate surface area is 157 Å². The molecule has 0 spiro atoms. The van der Waals surface area contributed by atoms with Crippen LogP contribution in [0.4, 0.5) is 4.79 Å². The number of cyclic esters (lactones) is 1. The Kier molecular flexibility index (Phi) is 5.09. The molecule has 3 saturated heterocycles. The molecule has 3 aliphatic rings. The van der Waals surface area contributed by atoms with Gasteiger partial charge in [-0.1, -0.05) is 24.3 Å². The molecule has 8 heteroatoms. The van der Waals surface area contributed by atoms with Crippen molar-refractivity contribution >= 4 is 17.9 Å². The molecule has 2 unspecified atom stereocenters. The molecule has 0 bridgehead atoms. The zero-order valence-electron chi connectivity index (χ0n) is 15.1. The van der Waals surface area contributed by atoms with Crippen LogP contribution in [0, 0.1) is 0 Å². The van der Waals surface area contributed by atoms with Gasteiger partial charge < -0.3 is 10.1 Å². The molecule has 3 heterocycles. The molecule has 0 aromatic heterocycles. The van der Waals surface area contributed by atoms with E-state index in [1.54, 1.807) is 0 Å². The van der Waals surface area contributed by atoms with Crippen molar-refractivity contribution in [2.24, 2.45) is 0 Å². The Balaban J connectivity index is 1.43. The van der Waals surface area contributed by atoms with E-state index in [-0.39, 0.29) is 12.3 Å². The van der Waals surface area contributed by atoms with Gasteiger partial charge in [0.05, 0.1) is 6.54 Å². The first-order valence-electron chi connectivity index (χ1n) is 9.43. The largest absolute Gasteiger partial charge is 0.439 e. The number of rotatable bonds is 4. The molecule has 27 heavy (non-hydrogen) atoms. The van der Waals surface area contributed by atoms with Gasteiger partial charge in [0.1, 0.15) is 12.1 Å². The summed E-state index contributed by atoms with van der Waals surface area (Å²) >= 11 is 0. The quantitative estimate of drug-likeness (QED) is 0.743. The maximum absolute atomic E-state index is 12.3. The van der Waals surface area contributed by atoms with Gasteiger partial charge in [-0.15, -0.1) is 0 Å². The topological polar surface area (TPSA) is 91.0 Å². The summed E-state index contributed by atoms with van der Waals surface area (Å²) in [6.07, 6.45) is -0.312. The number of benzene rings is 1. The van der Waals surface area contributed by atoms with Crippen molar-refractivity contribution in [1.29, 1.82) is 0 Å². The predicted octanol–water partition coefficient (Wildman–Crippen LogP) is 0.390. The fourth-order valence-electron chi connectivity index (χ4n) is 3.91. The van der Waals surface area contributed by atoms with E-state index in [4.69, 9.17) is 4.74 Å². The van der Waals surface area contributed by atoms with Crippen molar-refractivity contribution in [3.05, 3.63) is 35.4 Å². The molecule has 0 radical (unpaired) electrons. The Bertz CT molecular complexity index is 747. The van der Waals surface area contributed by atoms with E-state index in [9.17, 15) is 14.4 Å². The fraction of sp³-hybridized carbons (Fsp3) is 0.526. The summed E-state index contributed by atoms with van der Waals surface area (Å²) in [6, 6.07) is 7.46. The van der Waals surface area contributed by atoms with Gasteiger partial charge in [0.25, 0.3) is 0 Å². The van der Waals surface area contributed by atoms with E-state index < -0.39 is 24.1 Å². The van der Waals surface area contributed by atoms with Crippen LogP contribution in [0.2, 0.25) is 0 Å². The van der Waals surface area contributed by atoms with Crippen LogP contribution in [0.15, 0.2) is 24.3 Å². The van der Waals surface area contributed by atoms with E-state index in [0.717, 1.165) is 38.3 Å². The maximum Gasteiger partial charge on any atom is 0.411 e. The molecule has 1 aromatic rings. The van der Waals surface area contributed by atoms with E-state index >= 15 is 0 Å². The van der Waals surface area contributed by atoms with Crippen molar-refractivity contribution in [1.82, 2.24) is 20.4 Å². The zero-order valence-corrected chi connectivity index (χ0v) is 15.1. The highest BCUT2D eigenvalue weighted by molar-refractivity contribution is 6.01. The number of piperidine rings is 1. The minimum absolute atomic E-state index is 0.241. The first kappa shape index (κ1) is 17.9. The highest BCUT2D eigenvalue weighted by atomic mass is 16.6. The highest BCUT2D eigenvalue weighted by Gasteiger charge is 2.41. The second-order valence-corrected chi connectivity index (χ2v) is 7.26. The normalized spacial score (nSPS) is 26.8. The number of carbonyl (C=O) groups is 3. The number of carbonyl (C=O) groups excluding carboxylic acids is 3. The molecule has 0 aliphatic carbocycles. The molecule has 0 saturated carbocycles. The fourth-order valence-corrected chi connectivity index (χ4v) is 3.91. The third-order valence-corrected chi connectivity index (χ3v) is 5.37. The second kappa shape index (κ2) is 7.66. The SMILES string of the molecule is O=C1CCC(N2CC(c3cccc(CN4CCNCC4)c3)OC2=O)C(=O)N1. The Morgan fingerprint density at radius 3 is 2.74 bits per heavy atom. The molecule has 3 aliphatic heterocycles. The van der Waals surface area contributed by atoms with Crippen LogP contribution in [0.25, 0.3) is 0 Å². The van der Waals surface area contributed by atoms with Crippen molar-refractivity contribution in [3.63, 3.8) is 0 Å². The van der Waals surface area contributed by atoms with Crippen molar-refractivity contribution < 1.29 is 19.1 Å². The van der Waals surface area contributed by atoms with Crippen molar-refractivity contribution in [2.75, 3.05) is 32.7 Å². The summed E-state index contributed by atoms with van der Waals surface area (Å²) < 4.78 is 5.53. The Morgan fingerprint density at radius 2 is 1.96 bits per heavy atom. The molecule has 4 rings (SSSR count). The molecule has 144 valence electrons. The molecule has 2 atom stereocenters. The van der Waals surface area contributed by atoms with Crippen LogP contribution >= 0.6 is 0 Å². The smallest absolute Gasteiger partial charge is 0.411 e. The van der Waals surface area contributed by atoms with Gasteiger partial charge in [0.2, 0.25) is 11.8 Å². The number of piperazine rings is 1. The maximum atomic E-state index is 12.3. The van der Waals surface area contributed by atoms with Crippen molar-refractivity contribution in [3.8, 4) is 0 Å². The van der Waals surface area contributed by atoms with Crippen LogP contribution in [0.3, 0.4) is 0 Å². The summed E-state index contributed by atoms with van der Waals surface area (Å²) in [7, 11) is 0. The van der Waals surface area contributed by atoms with Crippen LogP contribution in [-0.2, 0) is 20.9 Å². The third kappa shape index (κ3) is 3.96. The van der Waals surface area contributed by atoms with Crippen LogP contribution < -0.4 is 10.6 Å². The molecule has 8 nitrogen and oxygen atoms in total. The van der Waals surface area contributed by atoms with E-state index in [0.29, 0.717) is 13.0 Å². The molecule has 3 fully saturated rings. The Hall–Kier alpha value is -2.45. The Morgan fingerprint density at radius 1 is 1.15 bits per heavy atom.